The Balaban J connectivity index is 1.95. The number of pyridine rings is 1. The predicted octanol–water partition coefficient (Wildman–Crippen LogP) is 1.71. The topological polar surface area (TPSA) is 104 Å². The van der Waals surface area contributed by atoms with Crippen molar-refractivity contribution in [1.29, 1.82) is 0 Å². The second-order valence-corrected chi connectivity index (χ2v) is 6.01. The monoisotopic (exact) mass is 371 g/mol. The first-order valence-electron chi connectivity index (χ1n) is 8.49. The van der Waals surface area contributed by atoms with E-state index >= 15 is 0 Å². The van der Waals surface area contributed by atoms with E-state index in [4.69, 9.17) is 19.9 Å². The molecule has 2 heterocycles. The number of rotatable bonds is 6. The van der Waals surface area contributed by atoms with Crippen molar-refractivity contribution in [3.8, 4) is 5.75 Å². The van der Waals surface area contributed by atoms with Crippen LogP contribution in [-0.2, 0) is 19.1 Å². The minimum Gasteiger partial charge on any atom is -0.472 e. The highest BCUT2D eigenvalue weighted by Gasteiger charge is 2.41. The zero-order valence-corrected chi connectivity index (χ0v) is 15.1. The van der Waals surface area contributed by atoms with E-state index in [-0.39, 0.29) is 24.8 Å². The molecular weight excluding hydrogens is 350 g/mol. The summed E-state index contributed by atoms with van der Waals surface area (Å²) >= 11 is 0. The van der Waals surface area contributed by atoms with Crippen LogP contribution in [0.25, 0.3) is 0 Å². The number of hydrogen-bond donors (Lipinski definition) is 1. The van der Waals surface area contributed by atoms with E-state index in [1.54, 1.807) is 31.2 Å². The number of methoxy groups -OCH3 is 1. The van der Waals surface area contributed by atoms with Crippen molar-refractivity contribution < 1.29 is 23.8 Å². The Kier molecular flexibility index (Phi) is 5.56. The molecule has 1 aliphatic rings. The molecule has 0 bridgehead atoms. The van der Waals surface area contributed by atoms with Gasteiger partial charge in [-0.15, -0.1) is 0 Å². The second-order valence-electron chi connectivity index (χ2n) is 6.01. The molecule has 0 saturated heterocycles. The molecule has 1 amide bonds. The maximum absolute atomic E-state index is 13.2. The largest absolute Gasteiger partial charge is 0.472 e. The molecule has 3 rings (SSSR count). The van der Waals surface area contributed by atoms with E-state index in [0.717, 1.165) is 0 Å². The minimum absolute atomic E-state index is 0.0948. The molecule has 1 aromatic heterocycles. The highest BCUT2D eigenvalue weighted by atomic mass is 16.6. The number of carbonyl (C=O) groups excluding carboxylic acids is 2. The van der Waals surface area contributed by atoms with Gasteiger partial charge in [0.2, 0.25) is 6.10 Å². The number of aromatic nitrogens is 1. The Hall–Kier alpha value is -3.13. The Bertz CT molecular complexity index is 827. The van der Waals surface area contributed by atoms with Gasteiger partial charge in [-0.2, -0.15) is 0 Å². The van der Waals surface area contributed by atoms with Gasteiger partial charge in [0.05, 0.1) is 6.61 Å². The summed E-state index contributed by atoms with van der Waals surface area (Å²) < 4.78 is 15.9. The lowest BCUT2D eigenvalue weighted by Crippen LogP contribution is -2.50. The first kappa shape index (κ1) is 18.7. The Morgan fingerprint density at radius 1 is 1.26 bits per heavy atom. The smallest absolute Gasteiger partial charge is 0.329 e. The number of benzene rings is 1. The molecule has 27 heavy (non-hydrogen) atoms. The number of nitrogens with zero attached hydrogens (tertiary/aromatic N) is 2. The normalized spacial score (nSPS) is 17.0. The highest BCUT2D eigenvalue weighted by molar-refractivity contribution is 6.04. The fraction of sp³-hybridized carbons (Fsp3) is 0.316. The molecule has 2 atom stereocenters. The number of carbonyl (C=O) groups is 2. The van der Waals surface area contributed by atoms with Gasteiger partial charge in [-0.05, 0) is 19.1 Å². The minimum atomic E-state index is -0.905. The van der Waals surface area contributed by atoms with Gasteiger partial charge in [0.25, 0.3) is 5.91 Å². The molecule has 0 radical (unpaired) electrons. The molecule has 1 aromatic carbocycles. The summed E-state index contributed by atoms with van der Waals surface area (Å²) in [7, 11) is 1.51. The fourth-order valence-corrected chi connectivity index (χ4v) is 2.79. The Labute approximate surface area is 156 Å². The lowest BCUT2D eigenvalue weighted by Gasteiger charge is -2.36. The third-order valence-corrected chi connectivity index (χ3v) is 4.16. The number of esters is 1. The van der Waals surface area contributed by atoms with E-state index in [1.165, 1.54) is 12.0 Å². The summed E-state index contributed by atoms with van der Waals surface area (Å²) in [5.74, 6) is -0.196. The molecule has 0 fully saturated rings. The average Bonchev–Trinajstić information content (AvgIpc) is 2.68. The summed E-state index contributed by atoms with van der Waals surface area (Å²) in [6.45, 7) is 1.94. The van der Waals surface area contributed by atoms with Crippen LogP contribution in [0.1, 0.15) is 18.6 Å². The van der Waals surface area contributed by atoms with Crippen molar-refractivity contribution in [2.75, 3.05) is 31.0 Å². The zero-order chi connectivity index (χ0) is 19.4. The maximum Gasteiger partial charge on any atom is 0.329 e. The molecule has 142 valence electrons. The fourth-order valence-electron chi connectivity index (χ4n) is 2.79. The van der Waals surface area contributed by atoms with Crippen LogP contribution in [0.5, 0.6) is 5.75 Å². The van der Waals surface area contributed by atoms with Gasteiger partial charge in [-0.1, -0.05) is 30.3 Å². The number of nitrogen functional groups attached to an aromatic ring is 1. The average molecular weight is 371 g/mol. The zero-order valence-electron chi connectivity index (χ0n) is 15.1. The lowest BCUT2D eigenvalue weighted by molar-refractivity contribution is -0.148. The van der Waals surface area contributed by atoms with Crippen molar-refractivity contribution in [1.82, 2.24) is 4.98 Å². The van der Waals surface area contributed by atoms with Crippen LogP contribution in [0.2, 0.25) is 0 Å². The van der Waals surface area contributed by atoms with Crippen molar-refractivity contribution in [2.24, 2.45) is 0 Å². The number of fused-ring (bicyclic) bond motifs is 1. The van der Waals surface area contributed by atoms with E-state index in [0.29, 0.717) is 11.3 Å². The standard InChI is InChI=1S/C19H21N3O5/c1-12(19(24)26-11-10-25-2)22-17-14(8-9-15(20)21-17)27-16(18(22)23)13-6-4-3-5-7-13/h3-9,12,16H,10-11H2,1-2H3,(H2,20,21). The van der Waals surface area contributed by atoms with Crippen LogP contribution in [0.15, 0.2) is 42.5 Å². The van der Waals surface area contributed by atoms with Crippen LogP contribution in [0, 0.1) is 0 Å². The maximum atomic E-state index is 13.2. The summed E-state index contributed by atoms with van der Waals surface area (Å²) in [6, 6.07) is 11.4. The third kappa shape index (κ3) is 3.85. The van der Waals surface area contributed by atoms with Crippen LogP contribution in [0.3, 0.4) is 0 Å². The molecule has 0 saturated carbocycles. The van der Waals surface area contributed by atoms with Gasteiger partial charge in [0.15, 0.2) is 11.6 Å². The van der Waals surface area contributed by atoms with E-state index in [2.05, 4.69) is 4.98 Å². The van der Waals surface area contributed by atoms with Crippen LogP contribution in [0.4, 0.5) is 11.6 Å². The quantitative estimate of drug-likeness (QED) is 0.609. The lowest BCUT2D eigenvalue weighted by atomic mass is 10.1. The number of ether oxygens (including phenoxy) is 3. The summed E-state index contributed by atoms with van der Waals surface area (Å²) in [4.78, 5) is 31.1. The van der Waals surface area contributed by atoms with Crippen molar-refractivity contribution in [3.05, 3.63) is 48.0 Å². The van der Waals surface area contributed by atoms with Gasteiger partial charge in [-0.25, -0.2) is 9.78 Å². The Morgan fingerprint density at radius 3 is 2.70 bits per heavy atom. The SMILES string of the molecule is COCCOC(=O)C(C)N1C(=O)C(c2ccccc2)Oc2ccc(N)nc21. The van der Waals surface area contributed by atoms with Crippen molar-refractivity contribution >= 4 is 23.5 Å². The van der Waals surface area contributed by atoms with E-state index in [9.17, 15) is 9.59 Å². The van der Waals surface area contributed by atoms with Crippen LogP contribution >= 0.6 is 0 Å². The van der Waals surface area contributed by atoms with Gasteiger partial charge in [0, 0.05) is 12.7 Å². The number of hydrogen-bond acceptors (Lipinski definition) is 7. The first-order chi connectivity index (χ1) is 13.0. The molecular formula is C19H21N3O5. The number of anilines is 2. The van der Waals surface area contributed by atoms with Gasteiger partial charge in [-0.3, -0.25) is 9.69 Å². The molecule has 8 heteroatoms. The molecule has 2 N–H and O–H groups in total. The van der Waals surface area contributed by atoms with Gasteiger partial charge in [0.1, 0.15) is 18.5 Å². The second kappa shape index (κ2) is 8.05. The van der Waals surface area contributed by atoms with E-state index in [1.807, 2.05) is 18.2 Å². The predicted molar refractivity (Wildman–Crippen MR) is 98.2 cm³/mol. The third-order valence-electron chi connectivity index (χ3n) is 4.16. The number of nitrogens with two attached hydrogens (primary N) is 1. The van der Waals surface area contributed by atoms with E-state index < -0.39 is 24.0 Å². The molecule has 2 unspecified atom stereocenters. The first-order valence-corrected chi connectivity index (χ1v) is 8.49. The summed E-state index contributed by atoms with van der Waals surface area (Å²) in [5, 5.41) is 0. The van der Waals surface area contributed by atoms with Crippen molar-refractivity contribution in [3.63, 3.8) is 0 Å². The molecule has 2 aromatic rings. The number of amides is 1. The van der Waals surface area contributed by atoms with Crippen LogP contribution in [-0.4, -0.2) is 43.2 Å². The van der Waals surface area contributed by atoms with Gasteiger partial charge < -0.3 is 19.9 Å². The summed E-state index contributed by atoms with van der Waals surface area (Å²) in [6.07, 6.45) is -0.890. The molecule has 0 spiro atoms. The summed E-state index contributed by atoms with van der Waals surface area (Å²) in [5.41, 5.74) is 6.45. The van der Waals surface area contributed by atoms with Gasteiger partial charge >= 0.3 is 5.97 Å². The molecule has 8 nitrogen and oxygen atoms in total. The van der Waals surface area contributed by atoms with Crippen molar-refractivity contribution in [2.45, 2.75) is 19.1 Å². The molecule has 1 aliphatic heterocycles. The highest BCUT2D eigenvalue weighted by Crippen LogP contribution is 2.39. The van der Waals surface area contributed by atoms with Crippen LogP contribution < -0.4 is 15.4 Å². The Morgan fingerprint density at radius 2 is 2.00 bits per heavy atom. The molecule has 0 aliphatic carbocycles.